The molecule has 3 aliphatic rings. The summed E-state index contributed by atoms with van der Waals surface area (Å²) in [5.74, 6) is -0.303. The van der Waals surface area contributed by atoms with Gasteiger partial charge in [0.05, 0.1) is 13.2 Å². The molecule has 0 radical (unpaired) electrons. The Hall–Kier alpha value is -0.160. The minimum Gasteiger partial charge on any atom is -0.347 e. The molecule has 4 heteroatoms. The summed E-state index contributed by atoms with van der Waals surface area (Å²) in [5, 5.41) is 0. The molecule has 98 valence electrons. The molecule has 2 N–H and O–H groups in total. The van der Waals surface area contributed by atoms with Crippen LogP contribution in [0.15, 0.2) is 0 Å². The van der Waals surface area contributed by atoms with Gasteiger partial charge >= 0.3 is 0 Å². The van der Waals surface area contributed by atoms with Gasteiger partial charge in [-0.15, -0.1) is 0 Å². The van der Waals surface area contributed by atoms with Crippen molar-refractivity contribution in [2.75, 3.05) is 19.8 Å². The zero-order valence-electron chi connectivity index (χ0n) is 10.7. The lowest BCUT2D eigenvalue weighted by molar-refractivity contribution is -0.192. The summed E-state index contributed by atoms with van der Waals surface area (Å²) in [5.41, 5.74) is 6.32. The molecule has 2 aliphatic heterocycles. The minimum absolute atomic E-state index is 0.286. The average molecular weight is 240 g/mol. The first-order chi connectivity index (χ1) is 8.20. The van der Waals surface area contributed by atoms with Crippen LogP contribution < -0.4 is 5.73 Å². The van der Waals surface area contributed by atoms with E-state index < -0.39 is 0 Å². The Morgan fingerprint density at radius 1 is 1.24 bits per heavy atom. The number of nitrogens with two attached hydrogens (primary N) is 1. The van der Waals surface area contributed by atoms with Crippen LogP contribution in [-0.2, 0) is 9.47 Å². The molecule has 1 spiro atoms. The standard InChI is InChI=1S/C13H24N2O2/c1-10-3-2-6-15(10)12-9-13(5-4-11(12)14)16-7-8-17-13/h10-12H,2-9,14H2,1H3. The third-order valence-electron chi connectivity index (χ3n) is 4.72. The van der Waals surface area contributed by atoms with Crippen LogP contribution in [0, 0.1) is 0 Å². The summed E-state index contributed by atoms with van der Waals surface area (Å²) in [6, 6.07) is 1.40. The van der Waals surface area contributed by atoms with E-state index in [0.29, 0.717) is 12.1 Å². The van der Waals surface area contributed by atoms with Crippen molar-refractivity contribution in [1.29, 1.82) is 0 Å². The maximum Gasteiger partial charge on any atom is 0.170 e. The summed E-state index contributed by atoms with van der Waals surface area (Å²) in [4.78, 5) is 2.58. The van der Waals surface area contributed by atoms with Gasteiger partial charge in [-0.3, -0.25) is 4.90 Å². The van der Waals surface area contributed by atoms with E-state index in [1.165, 1.54) is 19.4 Å². The molecule has 2 saturated heterocycles. The first kappa shape index (κ1) is 11.9. The zero-order valence-corrected chi connectivity index (χ0v) is 10.7. The van der Waals surface area contributed by atoms with Crippen LogP contribution >= 0.6 is 0 Å². The Morgan fingerprint density at radius 3 is 2.65 bits per heavy atom. The molecule has 0 aromatic heterocycles. The van der Waals surface area contributed by atoms with E-state index in [1.807, 2.05) is 0 Å². The van der Waals surface area contributed by atoms with Crippen molar-refractivity contribution in [1.82, 2.24) is 4.90 Å². The predicted octanol–water partition coefficient (Wildman–Crippen LogP) is 1.09. The van der Waals surface area contributed by atoms with Crippen LogP contribution in [0.5, 0.6) is 0 Å². The van der Waals surface area contributed by atoms with E-state index in [-0.39, 0.29) is 11.8 Å². The van der Waals surface area contributed by atoms with Gasteiger partial charge in [-0.05, 0) is 32.7 Å². The molecule has 4 nitrogen and oxygen atoms in total. The van der Waals surface area contributed by atoms with Crippen LogP contribution in [0.1, 0.15) is 39.0 Å². The highest BCUT2D eigenvalue weighted by Gasteiger charge is 2.47. The lowest BCUT2D eigenvalue weighted by Crippen LogP contribution is -2.57. The van der Waals surface area contributed by atoms with Gasteiger partial charge in [-0.25, -0.2) is 0 Å². The van der Waals surface area contributed by atoms with Gasteiger partial charge < -0.3 is 15.2 Å². The maximum absolute atomic E-state index is 6.32. The number of rotatable bonds is 1. The van der Waals surface area contributed by atoms with Gasteiger partial charge in [-0.1, -0.05) is 0 Å². The summed E-state index contributed by atoms with van der Waals surface area (Å²) in [6.07, 6.45) is 5.55. The number of likely N-dealkylation sites (tertiary alicyclic amines) is 1. The fourth-order valence-electron chi connectivity index (χ4n) is 3.72. The molecular formula is C13H24N2O2. The smallest absolute Gasteiger partial charge is 0.170 e. The normalized spacial score (nSPS) is 42.4. The molecule has 3 rings (SSSR count). The summed E-state index contributed by atoms with van der Waals surface area (Å²) in [7, 11) is 0. The van der Waals surface area contributed by atoms with Crippen molar-refractivity contribution in [3.63, 3.8) is 0 Å². The van der Waals surface area contributed by atoms with Crippen molar-refractivity contribution in [2.45, 2.75) is 62.9 Å². The quantitative estimate of drug-likeness (QED) is 0.745. The first-order valence-corrected chi connectivity index (χ1v) is 6.99. The molecule has 3 atom stereocenters. The molecule has 0 aromatic rings. The highest BCUT2D eigenvalue weighted by molar-refractivity contribution is 4.97. The van der Waals surface area contributed by atoms with E-state index >= 15 is 0 Å². The van der Waals surface area contributed by atoms with Crippen LogP contribution in [0.3, 0.4) is 0 Å². The zero-order chi connectivity index (χ0) is 11.9. The van der Waals surface area contributed by atoms with Gasteiger partial charge in [-0.2, -0.15) is 0 Å². The largest absolute Gasteiger partial charge is 0.347 e. The topological polar surface area (TPSA) is 47.7 Å². The third-order valence-corrected chi connectivity index (χ3v) is 4.72. The van der Waals surface area contributed by atoms with E-state index in [1.54, 1.807) is 0 Å². The van der Waals surface area contributed by atoms with Gasteiger partial charge in [0.2, 0.25) is 0 Å². The molecule has 0 bridgehead atoms. The van der Waals surface area contributed by atoms with Crippen molar-refractivity contribution in [3.05, 3.63) is 0 Å². The number of hydrogen-bond acceptors (Lipinski definition) is 4. The average Bonchev–Trinajstić information content (AvgIpc) is 2.92. The van der Waals surface area contributed by atoms with Gasteiger partial charge in [0, 0.05) is 31.0 Å². The molecule has 1 aliphatic carbocycles. The van der Waals surface area contributed by atoms with Crippen LogP contribution in [-0.4, -0.2) is 48.6 Å². The number of ether oxygens (including phenoxy) is 2. The number of nitrogens with zero attached hydrogens (tertiary/aromatic N) is 1. The monoisotopic (exact) mass is 240 g/mol. The second-order valence-corrected chi connectivity index (χ2v) is 5.81. The Bertz CT molecular complexity index is 279. The van der Waals surface area contributed by atoms with E-state index in [0.717, 1.165) is 32.5 Å². The van der Waals surface area contributed by atoms with E-state index in [2.05, 4.69) is 11.8 Å². The Balaban J connectivity index is 1.73. The van der Waals surface area contributed by atoms with Crippen molar-refractivity contribution in [2.24, 2.45) is 5.73 Å². The van der Waals surface area contributed by atoms with Crippen molar-refractivity contribution in [3.8, 4) is 0 Å². The SMILES string of the molecule is CC1CCCN1C1CC2(CCC1N)OCCO2. The van der Waals surface area contributed by atoms with Gasteiger partial charge in [0.1, 0.15) is 0 Å². The summed E-state index contributed by atoms with van der Waals surface area (Å²) >= 11 is 0. The van der Waals surface area contributed by atoms with E-state index in [4.69, 9.17) is 15.2 Å². The highest BCUT2D eigenvalue weighted by atomic mass is 16.7. The van der Waals surface area contributed by atoms with Crippen LogP contribution in [0.25, 0.3) is 0 Å². The number of hydrogen-bond donors (Lipinski definition) is 1. The molecule has 2 heterocycles. The lowest BCUT2D eigenvalue weighted by Gasteiger charge is -2.44. The Kier molecular flexibility index (Phi) is 3.15. The van der Waals surface area contributed by atoms with Gasteiger partial charge in [0.15, 0.2) is 5.79 Å². The van der Waals surface area contributed by atoms with Gasteiger partial charge in [0.25, 0.3) is 0 Å². The molecule has 3 fully saturated rings. The van der Waals surface area contributed by atoms with Crippen molar-refractivity contribution < 1.29 is 9.47 Å². The second-order valence-electron chi connectivity index (χ2n) is 5.81. The maximum atomic E-state index is 6.32. The Labute approximate surface area is 103 Å². The second kappa shape index (κ2) is 4.50. The molecule has 1 saturated carbocycles. The van der Waals surface area contributed by atoms with Crippen LogP contribution in [0.2, 0.25) is 0 Å². The highest BCUT2D eigenvalue weighted by Crippen LogP contribution is 2.39. The Morgan fingerprint density at radius 2 is 2.00 bits per heavy atom. The minimum atomic E-state index is -0.303. The molecular weight excluding hydrogens is 216 g/mol. The first-order valence-electron chi connectivity index (χ1n) is 6.99. The summed E-state index contributed by atoms with van der Waals surface area (Å²) < 4.78 is 11.7. The fraction of sp³-hybridized carbons (Fsp3) is 1.00. The lowest BCUT2D eigenvalue weighted by atomic mass is 9.85. The van der Waals surface area contributed by atoms with Crippen LogP contribution in [0.4, 0.5) is 0 Å². The summed E-state index contributed by atoms with van der Waals surface area (Å²) in [6.45, 7) is 5.00. The molecule has 0 amide bonds. The fourth-order valence-corrected chi connectivity index (χ4v) is 3.72. The molecule has 0 aromatic carbocycles. The molecule has 17 heavy (non-hydrogen) atoms. The predicted molar refractivity (Wildman–Crippen MR) is 65.7 cm³/mol. The third kappa shape index (κ3) is 2.12. The van der Waals surface area contributed by atoms with E-state index in [9.17, 15) is 0 Å². The molecule has 3 unspecified atom stereocenters. The van der Waals surface area contributed by atoms with Crippen molar-refractivity contribution >= 4 is 0 Å².